The Labute approximate surface area is 134 Å². The molecule has 1 amide bonds. The molecular weight excluding hydrogens is 318 g/mol. The number of para-hydroxylation sites is 1. The first-order valence-electron chi connectivity index (χ1n) is 6.83. The number of aryl methyl sites for hydroxylation is 1. The molecule has 2 aromatic heterocycles. The lowest BCUT2D eigenvalue weighted by Crippen LogP contribution is -2.27. The normalized spacial score (nSPS) is 12.3. The van der Waals surface area contributed by atoms with Crippen LogP contribution in [-0.2, 0) is 0 Å². The van der Waals surface area contributed by atoms with Crippen LogP contribution in [0.1, 0.15) is 44.6 Å². The van der Waals surface area contributed by atoms with Crippen molar-refractivity contribution in [3.05, 3.63) is 46.3 Å². The van der Waals surface area contributed by atoms with Crippen LogP contribution in [0.15, 0.2) is 28.8 Å². The number of benzene rings is 1. The van der Waals surface area contributed by atoms with E-state index in [4.69, 9.17) is 4.52 Å². The maximum absolute atomic E-state index is 12.3. The van der Waals surface area contributed by atoms with Crippen LogP contribution < -0.4 is 5.32 Å². The molecule has 23 heavy (non-hydrogen) atoms. The van der Waals surface area contributed by atoms with Crippen molar-refractivity contribution in [2.45, 2.75) is 19.9 Å². The van der Waals surface area contributed by atoms with Gasteiger partial charge in [0.05, 0.1) is 22.0 Å². The van der Waals surface area contributed by atoms with Crippen molar-refractivity contribution in [3.63, 3.8) is 0 Å². The van der Waals surface area contributed by atoms with E-state index in [1.807, 2.05) is 24.3 Å². The number of nitrogens with zero attached hydrogens (tertiary/aromatic N) is 2. The molecule has 3 rings (SSSR count). The zero-order valence-corrected chi connectivity index (χ0v) is 13.2. The molecule has 7 nitrogen and oxygen atoms in total. The minimum absolute atomic E-state index is 0.0258. The second-order valence-corrected chi connectivity index (χ2v) is 6.02. The first-order chi connectivity index (χ1) is 11.0. The van der Waals surface area contributed by atoms with Gasteiger partial charge in [0.25, 0.3) is 5.91 Å². The molecule has 0 saturated heterocycles. The maximum atomic E-state index is 12.3. The Morgan fingerprint density at radius 2 is 2.09 bits per heavy atom. The predicted molar refractivity (Wildman–Crippen MR) is 83.7 cm³/mol. The molecule has 1 unspecified atom stereocenters. The molecule has 0 fully saturated rings. The van der Waals surface area contributed by atoms with Crippen LogP contribution in [0.2, 0.25) is 0 Å². The summed E-state index contributed by atoms with van der Waals surface area (Å²) in [4.78, 5) is 27.8. The van der Waals surface area contributed by atoms with Crippen LogP contribution in [0.5, 0.6) is 0 Å². The topological polar surface area (TPSA) is 105 Å². The molecule has 0 aliphatic carbocycles. The Bertz CT molecular complexity index is 866. The van der Waals surface area contributed by atoms with Crippen LogP contribution in [0.4, 0.5) is 0 Å². The lowest BCUT2D eigenvalue weighted by Gasteiger charge is -2.10. The summed E-state index contributed by atoms with van der Waals surface area (Å²) >= 11 is 1.27. The number of nitrogens with one attached hydrogen (secondary N) is 1. The van der Waals surface area contributed by atoms with Gasteiger partial charge in [-0.15, -0.1) is 11.3 Å². The molecule has 8 heteroatoms. The molecule has 2 heterocycles. The van der Waals surface area contributed by atoms with Crippen molar-refractivity contribution in [1.82, 2.24) is 15.5 Å². The molecule has 0 spiro atoms. The average molecular weight is 331 g/mol. The van der Waals surface area contributed by atoms with Crippen LogP contribution in [0, 0.1) is 6.92 Å². The van der Waals surface area contributed by atoms with Crippen molar-refractivity contribution in [3.8, 4) is 0 Å². The smallest absolute Gasteiger partial charge is 0.341 e. The van der Waals surface area contributed by atoms with E-state index in [9.17, 15) is 14.7 Å². The van der Waals surface area contributed by atoms with Crippen molar-refractivity contribution >= 4 is 33.4 Å². The highest BCUT2D eigenvalue weighted by Gasteiger charge is 2.26. The Kier molecular flexibility index (Phi) is 3.83. The number of carboxylic acids is 1. The van der Waals surface area contributed by atoms with Gasteiger partial charge in [0.15, 0.2) is 10.8 Å². The fraction of sp³-hybridized carbons (Fsp3) is 0.200. The molecule has 1 aromatic carbocycles. The average Bonchev–Trinajstić information content (AvgIpc) is 3.10. The van der Waals surface area contributed by atoms with Gasteiger partial charge in [-0.25, -0.2) is 9.78 Å². The number of carboxylic acid groups (broad SMARTS) is 1. The van der Waals surface area contributed by atoms with E-state index in [-0.39, 0.29) is 22.9 Å². The first-order valence-corrected chi connectivity index (χ1v) is 7.65. The van der Waals surface area contributed by atoms with Crippen molar-refractivity contribution in [2.24, 2.45) is 0 Å². The fourth-order valence-electron chi connectivity index (χ4n) is 2.24. The number of hydrogen-bond donors (Lipinski definition) is 2. The third kappa shape index (κ3) is 2.80. The van der Waals surface area contributed by atoms with Crippen LogP contribution in [-0.4, -0.2) is 27.1 Å². The first kappa shape index (κ1) is 15.2. The molecule has 0 bridgehead atoms. The van der Waals surface area contributed by atoms with Gasteiger partial charge in [-0.3, -0.25) is 4.79 Å². The molecule has 0 radical (unpaired) electrons. The number of fused-ring (bicyclic) bond motifs is 1. The minimum Gasteiger partial charge on any atom is -0.477 e. The number of aromatic carboxylic acids is 1. The summed E-state index contributed by atoms with van der Waals surface area (Å²) in [5.41, 5.74) is 0.993. The monoisotopic (exact) mass is 331 g/mol. The van der Waals surface area contributed by atoms with E-state index in [0.29, 0.717) is 5.01 Å². The highest BCUT2D eigenvalue weighted by molar-refractivity contribution is 7.20. The molecule has 118 valence electrons. The van der Waals surface area contributed by atoms with Crippen molar-refractivity contribution in [2.75, 3.05) is 0 Å². The quantitative estimate of drug-likeness (QED) is 0.761. The highest BCUT2D eigenvalue weighted by Crippen LogP contribution is 2.24. The molecule has 0 saturated carbocycles. The summed E-state index contributed by atoms with van der Waals surface area (Å²) < 4.78 is 5.96. The van der Waals surface area contributed by atoms with E-state index in [2.05, 4.69) is 15.5 Å². The Morgan fingerprint density at radius 1 is 1.35 bits per heavy atom. The van der Waals surface area contributed by atoms with Gasteiger partial charge in [0.2, 0.25) is 0 Å². The van der Waals surface area contributed by atoms with E-state index in [1.165, 1.54) is 11.3 Å². The Hall–Kier alpha value is -2.74. The molecule has 0 aliphatic rings. The standard InChI is InChI=1S/C15H13N3O4S/c1-7-11(15(20)21)12(22-18-7)8(2)16-13(19)14-17-9-5-3-4-6-10(9)23-14/h3-6,8H,1-2H3,(H,16,19)(H,20,21). The van der Waals surface area contributed by atoms with Crippen LogP contribution in [0.3, 0.4) is 0 Å². The zero-order chi connectivity index (χ0) is 16.6. The van der Waals surface area contributed by atoms with Crippen molar-refractivity contribution in [1.29, 1.82) is 0 Å². The van der Waals surface area contributed by atoms with E-state index < -0.39 is 12.0 Å². The Balaban J connectivity index is 1.83. The van der Waals surface area contributed by atoms with Gasteiger partial charge in [-0.2, -0.15) is 0 Å². The SMILES string of the molecule is Cc1noc(C(C)NC(=O)c2nc3ccccc3s2)c1C(=O)O. The summed E-state index contributed by atoms with van der Waals surface area (Å²) in [5.74, 6) is -1.41. The molecule has 0 aliphatic heterocycles. The Morgan fingerprint density at radius 3 is 2.78 bits per heavy atom. The third-order valence-electron chi connectivity index (χ3n) is 3.33. The van der Waals surface area contributed by atoms with E-state index in [0.717, 1.165) is 10.2 Å². The number of thiazole rings is 1. The third-order valence-corrected chi connectivity index (χ3v) is 4.37. The minimum atomic E-state index is -1.14. The molecule has 3 aromatic rings. The summed E-state index contributed by atoms with van der Waals surface area (Å²) in [6.45, 7) is 3.18. The second kappa shape index (κ2) is 5.81. The number of carbonyl (C=O) groups excluding carboxylic acids is 1. The summed E-state index contributed by atoms with van der Waals surface area (Å²) in [6.07, 6.45) is 0. The summed E-state index contributed by atoms with van der Waals surface area (Å²) in [7, 11) is 0. The predicted octanol–water partition coefficient (Wildman–Crippen LogP) is 2.78. The number of hydrogen-bond acceptors (Lipinski definition) is 6. The van der Waals surface area contributed by atoms with Gasteiger partial charge < -0.3 is 14.9 Å². The lowest BCUT2D eigenvalue weighted by molar-refractivity contribution is 0.0690. The lowest BCUT2D eigenvalue weighted by atomic mass is 10.1. The molecule has 2 N–H and O–H groups in total. The van der Waals surface area contributed by atoms with Crippen molar-refractivity contribution < 1.29 is 19.2 Å². The summed E-state index contributed by atoms with van der Waals surface area (Å²) in [6, 6.07) is 6.80. The van der Waals surface area contributed by atoms with E-state index in [1.54, 1.807) is 13.8 Å². The summed E-state index contributed by atoms with van der Waals surface area (Å²) in [5, 5.41) is 15.9. The fourth-order valence-corrected chi connectivity index (χ4v) is 3.10. The highest BCUT2D eigenvalue weighted by atomic mass is 32.1. The molecule has 1 atom stereocenters. The van der Waals surface area contributed by atoms with Crippen LogP contribution in [0.25, 0.3) is 10.2 Å². The number of carbonyl (C=O) groups is 2. The number of amides is 1. The van der Waals surface area contributed by atoms with Gasteiger partial charge in [-0.05, 0) is 26.0 Å². The maximum Gasteiger partial charge on any atom is 0.341 e. The van der Waals surface area contributed by atoms with Gasteiger partial charge >= 0.3 is 5.97 Å². The second-order valence-electron chi connectivity index (χ2n) is 4.99. The number of aromatic nitrogens is 2. The van der Waals surface area contributed by atoms with Crippen LogP contribution >= 0.6 is 11.3 Å². The molecular formula is C15H13N3O4S. The van der Waals surface area contributed by atoms with Gasteiger partial charge in [0, 0.05) is 0 Å². The van der Waals surface area contributed by atoms with E-state index >= 15 is 0 Å². The zero-order valence-electron chi connectivity index (χ0n) is 12.4. The largest absolute Gasteiger partial charge is 0.477 e. The van der Waals surface area contributed by atoms with Gasteiger partial charge in [0.1, 0.15) is 5.56 Å². The van der Waals surface area contributed by atoms with Gasteiger partial charge in [-0.1, -0.05) is 17.3 Å². The number of rotatable bonds is 4.